The predicted octanol–water partition coefficient (Wildman–Crippen LogP) is 1.88. The molecule has 0 spiro atoms. The van der Waals surface area contributed by atoms with Gasteiger partial charge in [0.2, 0.25) is 5.91 Å². The van der Waals surface area contributed by atoms with Crippen LogP contribution in [0.3, 0.4) is 0 Å². The molecule has 2 N–H and O–H groups in total. The van der Waals surface area contributed by atoms with Crippen molar-refractivity contribution in [1.82, 2.24) is 5.32 Å². The molecule has 1 heterocycles. The van der Waals surface area contributed by atoms with E-state index in [2.05, 4.69) is 5.32 Å². The number of carboxylic acid groups (broad SMARTS) is 1. The van der Waals surface area contributed by atoms with Crippen LogP contribution >= 0.6 is 22.9 Å². The monoisotopic (exact) mass is 259 g/mol. The number of halogens is 1. The largest absolute Gasteiger partial charge is 0.480 e. The number of aliphatic carboxylic acids is 1. The van der Waals surface area contributed by atoms with Crippen LogP contribution < -0.4 is 5.32 Å². The first-order valence-electron chi connectivity index (χ1n) is 4.80. The number of carbonyl (C=O) groups excluding carboxylic acids is 1. The fraction of sp³-hybridized carbons (Fsp3) is 0.400. The van der Waals surface area contributed by atoms with Gasteiger partial charge in [-0.15, -0.1) is 11.3 Å². The summed E-state index contributed by atoms with van der Waals surface area (Å²) < 4.78 is 0.656. The number of rotatable bonds is 4. The molecular formula is C10H10ClNO3S. The molecule has 1 aromatic heterocycles. The second-order valence-corrected chi connectivity index (χ2v) is 5.58. The first kappa shape index (κ1) is 11.4. The van der Waals surface area contributed by atoms with Gasteiger partial charge in [-0.05, 0) is 25.0 Å². The van der Waals surface area contributed by atoms with E-state index >= 15 is 0 Å². The van der Waals surface area contributed by atoms with Gasteiger partial charge in [-0.3, -0.25) is 9.59 Å². The van der Waals surface area contributed by atoms with Gasteiger partial charge in [0.15, 0.2) is 0 Å². The maximum Gasteiger partial charge on any atom is 0.319 e. The van der Waals surface area contributed by atoms with E-state index < -0.39 is 17.3 Å². The van der Waals surface area contributed by atoms with Gasteiger partial charge in [0.25, 0.3) is 0 Å². The van der Waals surface area contributed by atoms with Gasteiger partial charge in [0.05, 0.1) is 10.9 Å². The second kappa shape index (κ2) is 4.07. The zero-order valence-corrected chi connectivity index (χ0v) is 9.90. The molecule has 0 atom stereocenters. The van der Waals surface area contributed by atoms with Gasteiger partial charge in [-0.1, -0.05) is 11.6 Å². The van der Waals surface area contributed by atoms with Crippen LogP contribution in [-0.4, -0.2) is 17.0 Å². The van der Waals surface area contributed by atoms with Gasteiger partial charge in [0, 0.05) is 4.88 Å². The number of thiophene rings is 1. The van der Waals surface area contributed by atoms with E-state index in [4.69, 9.17) is 16.7 Å². The van der Waals surface area contributed by atoms with Gasteiger partial charge in [-0.25, -0.2) is 0 Å². The minimum atomic E-state index is -1.17. The molecule has 6 heteroatoms. The van der Waals surface area contributed by atoms with Crippen LogP contribution in [0.5, 0.6) is 0 Å². The van der Waals surface area contributed by atoms with Crippen LogP contribution in [-0.2, 0) is 16.1 Å². The maximum atomic E-state index is 11.6. The molecule has 0 saturated heterocycles. The van der Waals surface area contributed by atoms with Crippen molar-refractivity contribution in [1.29, 1.82) is 0 Å². The third-order valence-corrected chi connectivity index (χ3v) is 3.88. The van der Waals surface area contributed by atoms with E-state index in [9.17, 15) is 9.59 Å². The Morgan fingerprint density at radius 2 is 2.19 bits per heavy atom. The highest BCUT2D eigenvalue weighted by Crippen LogP contribution is 2.46. The summed E-state index contributed by atoms with van der Waals surface area (Å²) in [5, 5.41) is 11.5. The van der Waals surface area contributed by atoms with Crippen molar-refractivity contribution >= 4 is 34.8 Å². The third-order valence-electron chi connectivity index (χ3n) is 2.65. The SMILES string of the molecule is O=C(O)C1(C(=O)NCc2ccc(Cl)s2)CC1. The maximum absolute atomic E-state index is 11.6. The minimum absolute atomic E-state index is 0.339. The Morgan fingerprint density at radius 1 is 1.50 bits per heavy atom. The molecule has 4 nitrogen and oxygen atoms in total. The number of carboxylic acids is 1. The zero-order chi connectivity index (χ0) is 11.8. The fourth-order valence-corrected chi connectivity index (χ4v) is 2.47. The predicted molar refractivity (Wildman–Crippen MR) is 60.5 cm³/mol. The van der Waals surface area contributed by atoms with Crippen molar-refractivity contribution in [3.63, 3.8) is 0 Å². The number of nitrogens with one attached hydrogen (secondary N) is 1. The quantitative estimate of drug-likeness (QED) is 0.812. The second-order valence-electron chi connectivity index (χ2n) is 3.78. The molecule has 16 heavy (non-hydrogen) atoms. The highest BCUT2D eigenvalue weighted by molar-refractivity contribution is 7.16. The van der Waals surface area contributed by atoms with Gasteiger partial charge in [0.1, 0.15) is 5.41 Å². The lowest BCUT2D eigenvalue weighted by Crippen LogP contribution is -2.36. The minimum Gasteiger partial charge on any atom is -0.480 e. The average Bonchev–Trinajstić information content (AvgIpc) is 2.95. The van der Waals surface area contributed by atoms with E-state index in [-0.39, 0.29) is 0 Å². The van der Waals surface area contributed by atoms with Crippen LogP contribution in [0.2, 0.25) is 4.34 Å². The zero-order valence-electron chi connectivity index (χ0n) is 8.33. The topological polar surface area (TPSA) is 66.4 Å². The molecule has 1 aromatic rings. The van der Waals surface area contributed by atoms with Crippen LogP contribution in [0.1, 0.15) is 17.7 Å². The van der Waals surface area contributed by atoms with Crippen LogP contribution in [0, 0.1) is 5.41 Å². The van der Waals surface area contributed by atoms with Crippen LogP contribution in [0.15, 0.2) is 12.1 Å². The molecule has 1 aliphatic carbocycles. The van der Waals surface area contributed by atoms with Crippen molar-refractivity contribution in [2.24, 2.45) is 5.41 Å². The lowest BCUT2D eigenvalue weighted by atomic mass is 10.1. The summed E-state index contributed by atoms with van der Waals surface area (Å²) in [7, 11) is 0. The fourth-order valence-electron chi connectivity index (χ4n) is 1.45. The molecule has 0 bridgehead atoms. The lowest BCUT2D eigenvalue weighted by molar-refractivity contribution is -0.149. The normalized spacial score (nSPS) is 16.8. The van der Waals surface area contributed by atoms with Crippen molar-refractivity contribution in [3.8, 4) is 0 Å². The van der Waals surface area contributed by atoms with E-state index in [0.29, 0.717) is 23.7 Å². The van der Waals surface area contributed by atoms with Crippen molar-refractivity contribution in [2.45, 2.75) is 19.4 Å². The number of amides is 1. The van der Waals surface area contributed by atoms with Crippen molar-refractivity contribution in [3.05, 3.63) is 21.3 Å². The molecule has 0 aromatic carbocycles. The standard InChI is InChI=1S/C10H10ClNO3S/c11-7-2-1-6(16-7)5-12-8(13)10(3-4-10)9(14)15/h1-2H,3-5H2,(H,12,13)(H,14,15). The van der Waals surface area contributed by atoms with Crippen molar-refractivity contribution in [2.75, 3.05) is 0 Å². The molecule has 1 saturated carbocycles. The van der Waals surface area contributed by atoms with E-state index in [0.717, 1.165) is 4.88 Å². The molecule has 0 aliphatic heterocycles. The summed E-state index contributed by atoms with van der Waals surface area (Å²) in [5.74, 6) is -1.43. The van der Waals surface area contributed by atoms with Crippen molar-refractivity contribution < 1.29 is 14.7 Å². The summed E-state index contributed by atoms with van der Waals surface area (Å²) in [5.41, 5.74) is -1.17. The summed E-state index contributed by atoms with van der Waals surface area (Å²) in [6, 6.07) is 3.56. The molecule has 2 rings (SSSR count). The number of hydrogen-bond acceptors (Lipinski definition) is 3. The van der Waals surface area contributed by atoms with Crippen LogP contribution in [0.4, 0.5) is 0 Å². The number of carbonyl (C=O) groups is 2. The third kappa shape index (κ3) is 2.05. The van der Waals surface area contributed by atoms with Crippen LogP contribution in [0.25, 0.3) is 0 Å². The van der Waals surface area contributed by atoms with Gasteiger partial charge >= 0.3 is 5.97 Å². The Hall–Kier alpha value is -1.07. The smallest absolute Gasteiger partial charge is 0.319 e. The first-order chi connectivity index (χ1) is 7.54. The molecule has 1 amide bonds. The molecule has 1 aliphatic rings. The Balaban J connectivity index is 1.92. The van der Waals surface area contributed by atoms with E-state index in [1.165, 1.54) is 11.3 Å². The van der Waals surface area contributed by atoms with Gasteiger partial charge in [-0.2, -0.15) is 0 Å². The average molecular weight is 260 g/mol. The summed E-state index contributed by atoms with van der Waals surface area (Å²) in [6.45, 7) is 0.339. The molecule has 0 radical (unpaired) electrons. The van der Waals surface area contributed by atoms with E-state index in [1.807, 2.05) is 6.07 Å². The Bertz CT molecular complexity index is 439. The summed E-state index contributed by atoms with van der Waals surface area (Å²) in [4.78, 5) is 23.4. The lowest BCUT2D eigenvalue weighted by Gasteiger charge is -2.09. The molecule has 0 unspecified atom stereocenters. The van der Waals surface area contributed by atoms with E-state index in [1.54, 1.807) is 6.07 Å². The highest BCUT2D eigenvalue weighted by Gasteiger charge is 2.56. The molecule has 86 valence electrons. The summed E-state index contributed by atoms with van der Waals surface area (Å²) >= 11 is 7.11. The number of hydrogen-bond donors (Lipinski definition) is 2. The molecular weight excluding hydrogens is 250 g/mol. The highest BCUT2D eigenvalue weighted by atomic mass is 35.5. The first-order valence-corrected chi connectivity index (χ1v) is 6.00. The molecule has 1 fully saturated rings. The Morgan fingerprint density at radius 3 is 2.62 bits per heavy atom. The Kier molecular flexibility index (Phi) is 2.90. The Labute approximate surface area is 101 Å². The van der Waals surface area contributed by atoms with Gasteiger partial charge < -0.3 is 10.4 Å². The summed E-state index contributed by atoms with van der Waals surface area (Å²) in [6.07, 6.45) is 0.860.